The van der Waals surface area contributed by atoms with Crippen LogP contribution < -0.4 is 10.9 Å². The first-order chi connectivity index (χ1) is 10.1. The van der Waals surface area contributed by atoms with Crippen molar-refractivity contribution in [2.45, 2.75) is 46.1 Å². The van der Waals surface area contributed by atoms with E-state index in [0.29, 0.717) is 16.2 Å². The van der Waals surface area contributed by atoms with Gasteiger partial charge in [0.1, 0.15) is 5.60 Å². The minimum Gasteiger partial charge on any atom is -0.466 e. The smallest absolute Gasteiger partial charge is 0.432 e. The molecule has 1 aromatic heterocycles. The molecule has 0 saturated carbocycles. The van der Waals surface area contributed by atoms with Crippen molar-refractivity contribution in [3.63, 3.8) is 0 Å². The van der Waals surface area contributed by atoms with E-state index in [4.69, 9.17) is 19.7 Å². The van der Waals surface area contributed by atoms with Crippen LogP contribution in [0, 0.1) is 3.70 Å². The molecular formula is C13H20IN3O5. The molecule has 0 aliphatic rings. The third-order valence-electron chi connectivity index (χ3n) is 2.27. The van der Waals surface area contributed by atoms with Gasteiger partial charge in [0.2, 0.25) is 0 Å². The molecule has 0 atom stereocenters. The Bertz CT molecular complexity index is 538. The van der Waals surface area contributed by atoms with Crippen LogP contribution in [0.4, 0.5) is 10.7 Å². The second kappa shape index (κ2) is 7.77. The van der Waals surface area contributed by atoms with E-state index in [1.54, 1.807) is 27.7 Å². The standard InChI is InChI=1S/C13H20IN3O5/c1-5-20-9(18)7-6-8-16-10(14)11(21-8)17(15)12(19)22-13(2,3)4/h5-7,15H2,1-4H3. The van der Waals surface area contributed by atoms with Gasteiger partial charge in [-0.25, -0.2) is 15.6 Å². The lowest BCUT2D eigenvalue weighted by atomic mass is 10.2. The molecule has 0 fully saturated rings. The minimum absolute atomic E-state index is 0.0775. The normalized spacial score (nSPS) is 11.2. The molecule has 0 unspecified atom stereocenters. The Balaban J connectivity index is 2.72. The van der Waals surface area contributed by atoms with Crippen LogP contribution in [0.25, 0.3) is 0 Å². The number of nitrogens with two attached hydrogens (primary N) is 1. The molecule has 0 bridgehead atoms. The van der Waals surface area contributed by atoms with Crippen molar-refractivity contribution in [2.75, 3.05) is 11.6 Å². The topological polar surface area (TPSA) is 108 Å². The number of carbonyl (C=O) groups excluding carboxylic acids is 2. The molecule has 1 rings (SSSR count). The number of aryl methyl sites for hydroxylation is 1. The largest absolute Gasteiger partial charge is 0.466 e. The van der Waals surface area contributed by atoms with Crippen LogP contribution >= 0.6 is 22.6 Å². The fourth-order valence-electron chi connectivity index (χ4n) is 1.43. The van der Waals surface area contributed by atoms with Crippen LogP contribution in [0.5, 0.6) is 0 Å². The average molecular weight is 425 g/mol. The van der Waals surface area contributed by atoms with E-state index in [1.807, 2.05) is 22.6 Å². The Labute approximate surface area is 142 Å². The lowest BCUT2D eigenvalue weighted by Crippen LogP contribution is -2.41. The highest BCUT2D eigenvalue weighted by Gasteiger charge is 2.26. The van der Waals surface area contributed by atoms with Gasteiger partial charge in [-0.1, -0.05) is 0 Å². The number of aromatic nitrogens is 1. The predicted molar refractivity (Wildman–Crippen MR) is 87.1 cm³/mol. The first kappa shape index (κ1) is 18.7. The molecular weight excluding hydrogens is 405 g/mol. The average Bonchev–Trinajstić information content (AvgIpc) is 2.75. The maximum atomic E-state index is 11.9. The van der Waals surface area contributed by atoms with E-state index < -0.39 is 11.7 Å². The second-order valence-electron chi connectivity index (χ2n) is 5.36. The number of rotatable bonds is 5. The van der Waals surface area contributed by atoms with Crippen LogP contribution in [0.3, 0.4) is 0 Å². The molecule has 0 spiro atoms. The van der Waals surface area contributed by atoms with Crippen molar-refractivity contribution in [1.29, 1.82) is 0 Å². The highest BCUT2D eigenvalue weighted by molar-refractivity contribution is 14.1. The first-order valence-electron chi connectivity index (χ1n) is 6.72. The zero-order valence-corrected chi connectivity index (χ0v) is 15.2. The van der Waals surface area contributed by atoms with E-state index >= 15 is 0 Å². The van der Waals surface area contributed by atoms with Crippen molar-refractivity contribution >= 4 is 40.5 Å². The van der Waals surface area contributed by atoms with Crippen molar-refractivity contribution in [3.8, 4) is 0 Å². The highest BCUT2D eigenvalue weighted by Crippen LogP contribution is 2.24. The number of oxazole rings is 1. The molecule has 1 heterocycles. The summed E-state index contributed by atoms with van der Waals surface area (Å²) in [6, 6.07) is 0. The summed E-state index contributed by atoms with van der Waals surface area (Å²) >= 11 is 1.89. The van der Waals surface area contributed by atoms with Crippen LogP contribution in [0.15, 0.2) is 4.42 Å². The summed E-state index contributed by atoms with van der Waals surface area (Å²) in [4.78, 5) is 27.3. The number of esters is 1. The summed E-state index contributed by atoms with van der Waals surface area (Å²) in [7, 11) is 0. The van der Waals surface area contributed by atoms with E-state index in [-0.39, 0.29) is 24.7 Å². The van der Waals surface area contributed by atoms with Gasteiger partial charge in [0, 0.05) is 6.42 Å². The molecule has 8 nitrogen and oxygen atoms in total. The Morgan fingerprint density at radius 1 is 1.41 bits per heavy atom. The summed E-state index contributed by atoms with van der Waals surface area (Å²) in [5.41, 5.74) is -0.674. The summed E-state index contributed by atoms with van der Waals surface area (Å²) in [6.07, 6.45) is -0.351. The number of hydrazine groups is 1. The quantitative estimate of drug-likeness (QED) is 0.254. The first-order valence-corrected chi connectivity index (χ1v) is 7.80. The summed E-state index contributed by atoms with van der Waals surface area (Å²) in [5, 5.41) is 0.758. The van der Waals surface area contributed by atoms with Gasteiger partial charge >= 0.3 is 12.1 Å². The van der Waals surface area contributed by atoms with E-state index in [1.165, 1.54) is 0 Å². The number of halogens is 1. The highest BCUT2D eigenvalue weighted by atomic mass is 127. The van der Waals surface area contributed by atoms with Gasteiger partial charge in [0.05, 0.1) is 13.0 Å². The second-order valence-corrected chi connectivity index (χ2v) is 6.38. The van der Waals surface area contributed by atoms with Crippen LogP contribution in [0.1, 0.15) is 40.0 Å². The fraction of sp³-hybridized carbons (Fsp3) is 0.615. The fourth-order valence-corrected chi connectivity index (χ4v) is 2.06. The third kappa shape index (κ3) is 5.79. The van der Waals surface area contributed by atoms with Gasteiger partial charge in [0.15, 0.2) is 9.59 Å². The lowest BCUT2D eigenvalue weighted by molar-refractivity contribution is -0.143. The summed E-state index contributed by atoms with van der Waals surface area (Å²) in [6.45, 7) is 7.25. The maximum absolute atomic E-state index is 11.9. The van der Waals surface area contributed by atoms with Crippen molar-refractivity contribution in [2.24, 2.45) is 5.84 Å². The molecule has 9 heteroatoms. The van der Waals surface area contributed by atoms with Crippen LogP contribution in [0.2, 0.25) is 0 Å². The third-order valence-corrected chi connectivity index (χ3v) is 2.97. The number of nitrogens with zero attached hydrogens (tertiary/aromatic N) is 2. The zero-order chi connectivity index (χ0) is 16.9. The Morgan fingerprint density at radius 3 is 2.59 bits per heavy atom. The number of hydrogen-bond acceptors (Lipinski definition) is 7. The van der Waals surface area contributed by atoms with E-state index in [9.17, 15) is 9.59 Å². The monoisotopic (exact) mass is 425 g/mol. The Morgan fingerprint density at radius 2 is 2.05 bits per heavy atom. The molecule has 0 aliphatic carbocycles. The molecule has 1 amide bonds. The lowest BCUT2D eigenvalue weighted by Gasteiger charge is -2.22. The van der Waals surface area contributed by atoms with Crippen LogP contribution in [-0.4, -0.2) is 29.3 Å². The summed E-state index contributed by atoms with van der Waals surface area (Å²) < 4.78 is 15.8. The summed E-state index contributed by atoms with van der Waals surface area (Å²) in [5.74, 6) is 5.73. The number of amides is 1. The SMILES string of the molecule is CCOC(=O)CCc1nc(I)c(N(N)C(=O)OC(C)(C)C)o1. The van der Waals surface area contributed by atoms with Gasteiger partial charge in [-0.2, -0.15) is 5.01 Å². The van der Waals surface area contributed by atoms with Crippen LogP contribution in [-0.2, 0) is 20.7 Å². The van der Waals surface area contributed by atoms with Crippen molar-refractivity contribution in [1.82, 2.24) is 4.98 Å². The molecule has 1 aromatic rings. The zero-order valence-electron chi connectivity index (χ0n) is 13.0. The molecule has 0 radical (unpaired) electrons. The van der Waals surface area contributed by atoms with Crippen molar-refractivity contribution < 1.29 is 23.5 Å². The van der Waals surface area contributed by atoms with Gasteiger partial charge in [0.25, 0.3) is 5.88 Å². The van der Waals surface area contributed by atoms with Gasteiger partial charge in [-0.3, -0.25) is 4.79 Å². The molecule has 124 valence electrons. The van der Waals surface area contributed by atoms with Gasteiger partial charge in [-0.05, 0) is 50.3 Å². The Kier molecular flexibility index (Phi) is 6.60. The minimum atomic E-state index is -0.751. The number of carbonyl (C=O) groups is 2. The molecule has 0 aromatic carbocycles. The number of hydrogen-bond donors (Lipinski definition) is 1. The van der Waals surface area contributed by atoms with Crippen molar-refractivity contribution in [3.05, 3.63) is 9.59 Å². The maximum Gasteiger partial charge on any atom is 0.432 e. The number of anilines is 1. The van der Waals surface area contributed by atoms with E-state index in [0.717, 1.165) is 5.01 Å². The predicted octanol–water partition coefficient (Wildman–Crippen LogP) is 2.39. The van der Waals surface area contributed by atoms with E-state index in [2.05, 4.69) is 4.98 Å². The Hall–Kier alpha value is -1.36. The number of ether oxygens (including phenoxy) is 2. The molecule has 22 heavy (non-hydrogen) atoms. The molecule has 2 N–H and O–H groups in total. The van der Waals surface area contributed by atoms with Gasteiger partial charge in [-0.15, -0.1) is 0 Å². The molecule has 0 saturated heterocycles. The van der Waals surface area contributed by atoms with Gasteiger partial charge < -0.3 is 13.9 Å². The molecule has 0 aliphatic heterocycles.